The largest absolute Gasteiger partial charge is 0.464 e. The van der Waals surface area contributed by atoms with Gasteiger partial charge in [0, 0.05) is 15.5 Å². The molecule has 130 valence electrons. The standard InChI is InChI=1S/C15H11BrClN3O4S/c1-24-15(21)14-10-7-9(3-4-12(10)18-19-14)20-25(22,23)13-5-2-8(16)6-11(13)17/h2-7,20H,1H3,(H,18,19). The number of carbonyl (C=O) groups is 1. The average Bonchev–Trinajstić information content (AvgIpc) is 2.96. The summed E-state index contributed by atoms with van der Waals surface area (Å²) in [6.07, 6.45) is 0. The Balaban J connectivity index is 2.00. The van der Waals surface area contributed by atoms with Crippen LogP contribution in [-0.2, 0) is 14.8 Å². The van der Waals surface area contributed by atoms with Gasteiger partial charge in [-0.3, -0.25) is 9.82 Å². The lowest BCUT2D eigenvalue weighted by Gasteiger charge is -2.10. The van der Waals surface area contributed by atoms with E-state index in [-0.39, 0.29) is 21.3 Å². The van der Waals surface area contributed by atoms with Crippen LogP contribution >= 0.6 is 27.5 Å². The number of benzene rings is 2. The summed E-state index contributed by atoms with van der Waals surface area (Å²) in [4.78, 5) is 11.7. The predicted molar refractivity (Wildman–Crippen MR) is 97.4 cm³/mol. The number of hydrogen-bond donors (Lipinski definition) is 2. The van der Waals surface area contributed by atoms with Crippen LogP contribution in [0.15, 0.2) is 45.8 Å². The normalized spacial score (nSPS) is 11.5. The van der Waals surface area contributed by atoms with Crippen LogP contribution in [0.4, 0.5) is 5.69 Å². The first-order valence-electron chi connectivity index (χ1n) is 6.86. The maximum Gasteiger partial charge on any atom is 0.359 e. The highest BCUT2D eigenvalue weighted by Crippen LogP contribution is 2.28. The van der Waals surface area contributed by atoms with E-state index in [1.807, 2.05) is 0 Å². The molecule has 1 aromatic heterocycles. The molecule has 7 nitrogen and oxygen atoms in total. The number of carbonyl (C=O) groups excluding carboxylic acids is 1. The first kappa shape index (κ1) is 17.7. The summed E-state index contributed by atoms with van der Waals surface area (Å²) in [7, 11) is -2.66. The van der Waals surface area contributed by atoms with Crippen molar-refractivity contribution >= 4 is 60.1 Å². The number of nitrogens with zero attached hydrogens (tertiary/aromatic N) is 1. The minimum Gasteiger partial charge on any atom is -0.464 e. The fourth-order valence-corrected chi connectivity index (χ4v) is 4.32. The Bertz CT molecular complexity index is 1080. The molecule has 0 spiro atoms. The maximum atomic E-state index is 12.6. The molecule has 0 unspecified atom stereocenters. The number of esters is 1. The van der Waals surface area contributed by atoms with E-state index < -0.39 is 16.0 Å². The van der Waals surface area contributed by atoms with E-state index in [0.717, 1.165) is 0 Å². The van der Waals surface area contributed by atoms with Crippen molar-refractivity contribution in [2.45, 2.75) is 4.90 Å². The van der Waals surface area contributed by atoms with Crippen molar-refractivity contribution in [3.8, 4) is 0 Å². The number of methoxy groups -OCH3 is 1. The molecular weight excluding hydrogens is 434 g/mol. The number of rotatable bonds is 4. The maximum absolute atomic E-state index is 12.6. The number of ether oxygens (including phenoxy) is 1. The summed E-state index contributed by atoms with van der Waals surface area (Å²) >= 11 is 9.25. The van der Waals surface area contributed by atoms with Crippen molar-refractivity contribution in [1.29, 1.82) is 0 Å². The van der Waals surface area contributed by atoms with Crippen molar-refractivity contribution < 1.29 is 17.9 Å². The lowest BCUT2D eigenvalue weighted by atomic mass is 10.2. The van der Waals surface area contributed by atoms with E-state index in [2.05, 4.69) is 35.6 Å². The van der Waals surface area contributed by atoms with Crippen molar-refractivity contribution in [1.82, 2.24) is 10.2 Å². The van der Waals surface area contributed by atoms with Gasteiger partial charge in [-0.05, 0) is 36.4 Å². The number of aromatic amines is 1. The van der Waals surface area contributed by atoms with Crippen LogP contribution in [0.3, 0.4) is 0 Å². The number of nitrogens with one attached hydrogen (secondary N) is 2. The molecule has 0 saturated heterocycles. The minimum atomic E-state index is -3.90. The van der Waals surface area contributed by atoms with Gasteiger partial charge in [-0.25, -0.2) is 13.2 Å². The van der Waals surface area contributed by atoms with Gasteiger partial charge in [0.2, 0.25) is 0 Å². The molecule has 0 radical (unpaired) electrons. The van der Waals surface area contributed by atoms with Crippen molar-refractivity contribution in [3.63, 3.8) is 0 Å². The van der Waals surface area contributed by atoms with E-state index in [4.69, 9.17) is 11.6 Å². The number of halogens is 2. The quantitative estimate of drug-likeness (QED) is 0.599. The average molecular weight is 445 g/mol. The van der Waals surface area contributed by atoms with Crippen molar-refractivity contribution in [2.24, 2.45) is 0 Å². The number of H-pyrrole nitrogens is 1. The van der Waals surface area contributed by atoms with Gasteiger partial charge < -0.3 is 4.74 Å². The SMILES string of the molecule is COC(=O)c1n[nH]c2ccc(NS(=O)(=O)c3ccc(Br)cc3Cl)cc12. The van der Waals surface area contributed by atoms with Gasteiger partial charge in [-0.2, -0.15) is 5.10 Å². The van der Waals surface area contributed by atoms with E-state index >= 15 is 0 Å². The molecule has 10 heteroatoms. The van der Waals surface area contributed by atoms with Gasteiger partial charge in [-0.15, -0.1) is 0 Å². The van der Waals surface area contributed by atoms with Gasteiger partial charge in [0.05, 0.1) is 17.6 Å². The van der Waals surface area contributed by atoms with E-state index in [0.29, 0.717) is 15.4 Å². The Morgan fingerprint density at radius 3 is 2.72 bits per heavy atom. The molecule has 0 aliphatic carbocycles. The second kappa shape index (κ2) is 6.66. The third-order valence-electron chi connectivity index (χ3n) is 3.38. The second-order valence-corrected chi connectivity index (χ2v) is 7.98. The zero-order valence-corrected chi connectivity index (χ0v) is 15.9. The minimum absolute atomic E-state index is 0.0575. The molecule has 0 saturated carbocycles. The summed E-state index contributed by atoms with van der Waals surface area (Å²) in [6.45, 7) is 0. The fourth-order valence-electron chi connectivity index (χ4n) is 2.23. The highest BCUT2D eigenvalue weighted by atomic mass is 79.9. The zero-order valence-electron chi connectivity index (χ0n) is 12.7. The Morgan fingerprint density at radius 1 is 1.28 bits per heavy atom. The van der Waals surface area contributed by atoms with Crippen LogP contribution in [0.5, 0.6) is 0 Å². The highest BCUT2D eigenvalue weighted by Gasteiger charge is 2.20. The predicted octanol–water partition coefficient (Wildman–Crippen LogP) is 3.57. The second-order valence-electron chi connectivity index (χ2n) is 5.00. The number of anilines is 1. The molecule has 1 heterocycles. The Labute approximate surface area is 156 Å². The number of fused-ring (bicyclic) bond motifs is 1. The van der Waals surface area contributed by atoms with Gasteiger partial charge in [0.15, 0.2) is 5.69 Å². The topological polar surface area (TPSA) is 101 Å². The summed E-state index contributed by atoms with van der Waals surface area (Å²) in [5.74, 6) is -0.623. The molecule has 3 rings (SSSR count). The van der Waals surface area contributed by atoms with E-state index in [1.54, 1.807) is 18.2 Å². The molecule has 25 heavy (non-hydrogen) atoms. The van der Waals surface area contributed by atoms with Crippen LogP contribution in [0.2, 0.25) is 5.02 Å². The number of aromatic nitrogens is 2. The molecule has 3 aromatic rings. The summed E-state index contributed by atoms with van der Waals surface area (Å²) in [5.41, 5.74) is 0.906. The fraction of sp³-hybridized carbons (Fsp3) is 0.0667. The van der Waals surface area contributed by atoms with Crippen LogP contribution in [0, 0.1) is 0 Å². The van der Waals surface area contributed by atoms with E-state index in [1.165, 1.54) is 25.3 Å². The van der Waals surface area contributed by atoms with Gasteiger partial charge >= 0.3 is 5.97 Å². The third-order valence-corrected chi connectivity index (χ3v) is 5.73. The lowest BCUT2D eigenvalue weighted by Crippen LogP contribution is -2.13. The molecule has 2 aromatic carbocycles. The van der Waals surface area contributed by atoms with Crippen molar-refractivity contribution in [3.05, 3.63) is 51.6 Å². The van der Waals surface area contributed by atoms with Gasteiger partial charge in [0.25, 0.3) is 10.0 Å². The molecule has 0 fully saturated rings. The highest BCUT2D eigenvalue weighted by molar-refractivity contribution is 9.10. The smallest absolute Gasteiger partial charge is 0.359 e. The number of hydrogen-bond acceptors (Lipinski definition) is 5. The Hall–Kier alpha value is -2.10. The first-order chi connectivity index (χ1) is 11.8. The molecule has 0 aliphatic heterocycles. The molecule has 0 atom stereocenters. The number of sulfonamides is 1. The lowest BCUT2D eigenvalue weighted by molar-refractivity contribution is 0.0596. The van der Waals surface area contributed by atoms with Crippen LogP contribution < -0.4 is 4.72 Å². The third kappa shape index (κ3) is 3.48. The van der Waals surface area contributed by atoms with Crippen LogP contribution in [0.25, 0.3) is 10.9 Å². The Kier molecular flexibility index (Phi) is 4.72. The molecule has 0 amide bonds. The van der Waals surface area contributed by atoms with Gasteiger partial charge in [0.1, 0.15) is 4.90 Å². The summed E-state index contributed by atoms with van der Waals surface area (Å²) < 4.78 is 32.9. The van der Waals surface area contributed by atoms with Crippen LogP contribution in [-0.4, -0.2) is 31.7 Å². The van der Waals surface area contributed by atoms with E-state index in [9.17, 15) is 13.2 Å². The van der Waals surface area contributed by atoms with Crippen LogP contribution in [0.1, 0.15) is 10.5 Å². The Morgan fingerprint density at radius 2 is 2.04 bits per heavy atom. The summed E-state index contributed by atoms with van der Waals surface area (Å²) in [6, 6.07) is 9.11. The van der Waals surface area contributed by atoms with Gasteiger partial charge in [-0.1, -0.05) is 27.5 Å². The summed E-state index contributed by atoms with van der Waals surface area (Å²) in [5, 5.41) is 7.09. The zero-order chi connectivity index (χ0) is 18.2. The molecular formula is C15H11BrClN3O4S. The van der Waals surface area contributed by atoms with Crippen molar-refractivity contribution in [2.75, 3.05) is 11.8 Å². The molecule has 0 bridgehead atoms. The molecule has 0 aliphatic rings. The monoisotopic (exact) mass is 443 g/mol. The first-order valence-corrected chi connectivity index (χ1v) is 9.51. The molecule has 2 N–H and O–H groups in total.